The third-order valence-electron chi connectivity index (χ3n) is 7.35. The molecule has 0 radical (unpaired) electrons. The lowest BCUT2D eigenvalue weighted by molar-refractivity contribution is -0.154. The van der Waals surface area contributed by atoms with Crippen LogP contribution in [-0.2, 0) is 14.3 Å². The Morgan fingerprint density at radius 2 is 1.68 bits per heavy atom. The number of hydrogen-bond donors (Lipinski definition) is 2. The van der Waals surface area contributed by atoms with Gasteiger partial charge in [-0.05, 0) is 48.9 Å². The zero-order valence-corrected chi connectivity index (χ0v) is 19.9. The van der Waals surface area contributed by atoms with E-state index in [-0.39, 0.29) is 25.0 Å². The van der Waals surface area contributed by atoms with Crippen molar-refractivity contribution in [2.24, 2.45) is 11.3 Å². The minimum Gasteiger partial charge on any atom is -0.481 e. The average Bonchev–Trinajstić information content (AvgIpc) is 3.15. The number of fused-ring (bicyclic) bond motifs is 3. The van der Waals surface area contributed by atoms with Crippen LogP contribution in [0.2, 0.25) is 0 Å². The number of rotatable bonds is 6. The largest absolute Gasteiger partial charge is 0.481 e. The van der Waals surface area contributed by atoms with Crippen molar-refractivity contribution in [3.8, 4) is 11.1 Å². The molecule has 4 rings (SSSR count). The van der Waals surface area contributed by atoms with Gasteiger partial charge in [-0.3, -0.25) is 9.59 Å². The fourth-order valence-electron chi connectivity index (χ4n) is 5.05. The highest BCUT2D eigenvalue weighted by molar-refractivity contribution is 5.82. The molecule has 1 fully saturated rings. The number of ether oxygens (including phenoxy) is 1. The van der Waals surface area contributed by atoms with E-state index in [1.165, 1.54) is 0 Å². The number of benzene rings is 2. The summed E-state index contributed by atoms with van der Waals surface area (Å²) in [4.78, 5) is 38.8. The Balaban J connectivity index is 1.34. The van der Waals surface area contributed by atoms with E-state index in [0.29, 0.717) is 19.4 Å². The van der Waals surface area contributed by atoms with Gasteiger partial charge in [0.25, 0.3) is 0 Å². The molecule has 2 amide bonds. The molecule has 1 aliphatic heterocycles. The molecule has 2 aliphatic rings. The van der Waals surface area contributed by atoms with Crippen molar-refractivity contribution >= 4 is 18.0 Å². The number of nitrogens with zero attached hydrogens (tertiary/aromatic N) is 1. The van der Waals surface area contributed by atoms with Crippen LogP contribution < -0.4 is 5.32 Å². The molecule has 2 N–H and O–H groups in total. The Morgan fingerprint density at radius 3 is 2.26 bits per heavy atom. The van der Waals surface area contributed by atoms with Crippen molar-refractivity contribution in [3.63, 3.8) is 0 Å². The number of piperidine rings is 1. The summed E-state index contributed by atoms with van der Waals surface area (Å²) in [6.07, 6.45) is 0.631. The van der Waals surface area contributed by atoms with E-state index in [2.05, 4.69) is 29.6 Å². The van der Waals surface area contributed by atoms with Crippen molar-refractivity contribution in [2.45, 2.75) is 45.6 Å². The third kappa shape index (κ3) is 4.52. The molecule has 1 heterocycles. The van der Waals surface area contributed by atoms with Crippen molar-refractivity contribution in [1.82, 2.24) is 10.2 Å². The van der Waals surface area contributed by atoms with Gasteiger partial charge in [-0.2, -0.15) is 0 Å². The minimum absolute atomic E-state index is 0.0328. The average molecular weight is 465 g/mol. The van der Waals surface area contributed by atoms with Crippen LogP contribution in [0, 0.1) is 11.3 Å². The maximum Gasteiger partial charge on any atom is 0.407 e. The molecule has 0 saturated carbocycles. The Bertz CT molecular complexity index is 1050. The van der Waals surface area contributed by atoms with Crippen LogP contribution in [0.25, 0.3) is 11.1 Å². The molecule has 1 aliphatic carbocycles. The van der Waals surface area contributed by atoms with E-state index in [1.807, 2.05) is 24.3 Å². The molecule has 0 aromatic heterocycles. The van der Waals surface area contributed by atoms with E-state index in [9.17, 15) is 19.5 Å². The first-order valence-electron chi connectivity index (χ1n) is 11.8. The first kappa shape index (κ1) is 23.8. The molecule has 0 bridgehead atoms. The number of hydrogen-bond acceptors (Lipinski definition) is 4. The molecule has 0 spiro atoms. The number of carboxylic acid groups (broad SMARTS) is 1. The highest BCUT2D eigenvalue weighted by Crippen LogP contribution is 2.44. The Hall–Kier alpha value is -3.35. The first-order chi connectivity index (χ1) is 16.2. The van der Waals surface area contributed by atoms with E-state index >= 15 is 0 Å². The van der Waals surface area contributed by atoms with Gasteiger partial charge < -0.3 is 20.1 Å². The normalized spacial score (nSPS) is 21.2. The number of alkyl carbamates (subject to hydrolysis) is 1. The standard InChI is InChI=1S/C27H32N2O5/c1-17(24(30)29-14-8-13-27(3,16-29)25(31)32)18(2)28-26(33)34-15-23-21-11-6-4-9-19(21)20-10-5-7-12-22(20)23/h4-7,9-12,17-18,23H,8,13-16H2,1-3H3,(H,28,33)(H,31,32). The number of carbonyl (C=O) groups is 3. The van der Waals surface area contributed by atoms with Crippen molar-refractivity contribution < 1.29 is 24.2 Å². The maximum atomic E-state index is 13.0. The highest BCUT2D eigenvalue weighted by atomic mass is 16.5. The van der Waals surface area contributed by atoms with Crippen LogP contribution in [0.1, 0.15) is 50.7 Å². The molecule has 7 nitrogen and oxygen atoms in total. The van der Waals surface area contributed by atoms with E-state index < -0.39 is 29.4 Å². The molecule has 2 aromatic rings. The SMILES string of the molecule is CC(NC(=O)OCC1c2ccccc2-c2ccccc21)C(C)C(=O)N1CCCC(C)(C(=O)O)C1. The second-order valence-electron chi connectivity index (χ2n) is 9.78. The second-order valence-corrected chi connectivity index (χ2v) is 9.78. The smallest absolute Gasteiger partial charge is 0.407 e. The molecule has 1 saturated heterocycles. The lowest BCUT2D eigenvalue weighted by Crippen LogP contribution is -2.52. The fourth-order valence-corrected chi connectivity index (χ4v) is 5.05. The summed E-state index contributed by atoms with van der Waals surface area (Å²) in [6, 6.07) is 15.8. The van der Waals surface area contributed by atoms with Gasteiger partial charge >= 0.3 is 12.1 Å². The molecule has 180 valence electrons. The second kappa shape index (κ2) is 9.49. The number of aliphatic carboxylic acids is 1. The maximum absolute atomic E-state index is 13.0. The fraction of sp³-hybridized carbons (Fsp3) is 0.444. The zero-order valence-electron chi connectivity index (χ0n) is 19.9. The van der Waals surface area contributed by atoms with Gasteiger partial charge in [-0.25, -0.2) is 4.79 Å². The quantitative estimate of drug-likeness (QED) is 0.666. The van der Waals surface area contributed by atoms with Crippen LogP contribution in [0.15, 0.2) is 48.5 Å². The van der Waals surface area contributed by atoms with Crippen LogP contribution >= 0.6 is 0 Å². The van der Waals surface area contributed by atoms with Gasteiger partial charge in [0.05, 0.1) is 11.3 Å². The van der Waals surface area contributed by atoms with Gasteiger partial charge in [0, 0.05) is 25.0 Å². The van der Waals surface area contributed by atoms with E-state index in [4.69, 9.17) is 4.74 Å². The summed E-state index contributed by atoms with van der Waals surface area (Å²) in [5.41, 5.74) is 3.67. The van der Waals surface area contributed by atoms with Gasteiger partial charge in [-0.1, -0.05) is 55.5 Å². The van der Waals surface area contributed by atoms with Crippen LogP contribution in [0.5, 0.6) is 0 Å². The lowest BCUT2D eigenvalue weighted by atomic mass is 9.81. The Kier molecular flexibility index (Phi) is 6.64. The summed E-state index contributed by atoms with van der Waals surface area (Å²) in [5.74, 6) is -1.58. The number of nitrogens with one attached hydrogen (secondary N) is 1. The molecular weight excluding hydrogens is 432 g/mol. The zero-order chi connectivity index (χ0) is 24.5. The van der Waals surface area contributed by atoms with Gasteiger partial charge in [0.15, 0.2) is 0 Å². The third-order valence-corrected chi connectivity index (χ3v) is 7.35. The monoisotopic (exact) mass is 464 g/mol. The van der Waals surface area contributed by atoms with Crippen molar-refractivity contribution in [2.75, 3.05) is 19.7 Å². The Morgan fingerprint density at radius 1 is 1.09 bits per heavy atom. The molecule has 2 aromatic carbocycles. The van der Waals surface area contributed by atoms with Gasteiger partial charge in [0.1, 0.15) is 6.61 Å². The number of amides is 2. The van der Waals surface area contributed by atoms with E-state index in [0.717, 1.165) is 22.3 Å². The van der Waals surface area contributed by atoms with Crippen molar-refractivity contribution in [1.29, 1.82) is 0 Å². The predicted molar refractivity (Wildman–Crippen MR) is 128 cm³/mol. The minimum atomic E-state index is -0.933. The first-order valence-corrected chi connectivity index (χ1v) is 11.8. The van der Waals surface area contributed by atoms with Gasteiger partial charge in [-0.15, -0.1) is 0 Å². The lowest BCUT2D eigenvalue weighted by Gasteiger charge is -2.39. The summed E-state index contributed by atoms with van der Waals surface area (Å²) < 4.78 is 5.60. The van der Waals surface area contributed by atoms with Crippen LogP contribution in [0.3, 0.4) is 0 Å². The summed E-state index contributed by atoms with van der Waals surface area (Å²) >= 11 is 0. The summed E-state index contributed by atoms with van der Waals surface area (Å²) in [5, 5.41) is 12.3. The number of carboxylic acids is 1. The molecular formula is C27H32N2O5. The predicted octanol–water partition coefficient (Wildman–Crippen LogP) is 4.26. The van der Waals surface area contributed by atoms with Crippen LogP contribution in [0.4, 0.5) is 4.79 Å². The Labute approximate surface area is 200 Å². The number of carbonyl (C=O) groups excluding carboxylic acids is 2. The summed E-state index contributed by atoms with van der Waals surface area (Å²) in [6.45, 7) is 6.12. The topological polar surface area (TPSA) is 95.9 Å². The summed E-state index contributed by atoms with van der Waals surface area (Å²) in [7, 11) is 0. The molecule has 7 heteroatoms. The van der Waals surface area contributed by atoms with Crippen molar-refractivity contribution in [3.05, 3.63) is 59.7 Å². The molecule has 3 atom stereocenters. The van der Waals surface area contributed by atoms with Gasteiger partial charge in [0.2, 0.25) is 5.91 Å². The highest BCUT2D eigenvalue weighted by Gasteiger charge is 2.41. The molecule has 34 heavy (non-hydrogen) atoms. The van der Waals surface area contributed by atoms with E-state index in [1.54, 1.807) is 25.7 Å². The molecule has 3 unspecified atom stereocenters. The van der Waals surface area contributed by atoms with Crippen LogP contribution in [-0.4, -0.2) is 53.7 Å². The number of likely N-dealkylation sites (tertiary alicyclic amines) is 1.